The van der Waals surface area contributed by atoms with Crippen LogP contribution >= 0.6 is 11.3 Å². The van der Waals surface area contributed by atoms with Gasteiger partial charge in [-0.1, -0.05) is 12.1 Å². The highest BCUT2D eigenvalue weighted by molar-refractivity contribution is 7.14. The Kier molecular flexibility index (Phi) is 5.61. The second-order valence-electron chi connectivity index (χ2n) is 7.04. The Balaban J connectivity index is 1.48. The van der Waals surface area contributed by atoms with Crippen molar-refractivity contribution in [1.29, 1.82) is 0 Å². The second kappa shape index (κ2) is 8.29. The van der Waals surface area contributed by atoms with Crippen molar-refractivity contribution in [3.63, 3.8) is 0 Å². The minimum Gasteiger partial charge on any atom is -0.379 e. The standard InChI is InChI=1S/C20H26N4O2S/c1-23-7-6-16-13-15(4-5-17(16)23)18(24-8-10-26-11-9-24)14-21-20(25)22-19-3-2-12-27-19/h2-5,12-13,18H,6-11,14H2,1H3,(H2,21,22,25)/t18-/m0/s1. The van der Waals surface area contributed by atoms with Crippen LogP contribution in [0.2, 0.25) is 0 Å². The van der Waals surface area contributed by atoms with Crippen molar-refractivity contribution in [2.45, 2.75) is 12.5 Å². The summed E-state index contributed by atoms with van der Waals surface area (Å²) in [5.41, 5.74) is 3.99. The number of nitrogens with one attached hydrogen (secondary N) is 2. The van der Waals surface area contributed by atoms with Crippen LogP contribution < -0.4 is 15.5 Å². The van der Waals surface area contributed by atoms with Crippen molar-refractivity contribution < 1.29 is 9.53 Å². The van der Waals surface area contributed by atoms with E-state index in [4.69, 9.17) is 4.74 Å². The van der Waals surface area contributed by atoms with Gasteiger partial charge < -0.3 is 15.0 Å². The van der Waals surface area contributed by atoms with Crippen molar-refractivity contribution in [2.24, 2.45) is 0 Å². The molecule has 1 saturated heterocycles. The summed E-state index contributed by atoms with van der Waals surface area (Å²) in [7, 11) is 2.14. The molecule has 4 rings (SSSR count). The van der Waals surface area contributed by atoms with Crippen LogP contribution in [-0.2, 0) is 11.2 Å². The number of amides is 2. The highest BCUT2D eigenvalue weighted by atomic mass is 32.1. The average Bonchev–Trinajstić information content (AvgIpc) is 3.33. The smallest absolute Gasteiger partial charge is 0.319 e. The molecule has 0 bridgehead atoms. The molecule has 1 atom stereocenters. The number of carbonyl (C=O) groups excluding carboxylic acids is 1. The quantitative estimate of drug-likeness (QED) is 0.830. The lowest BCUT2D eigenvalue weighted by Gasteiger charge is -2.35. The Hall–Kier alpha value is -2.09. The largest absolute Gasteiger partial charge is 0.379 e. The molecule has 1 fully saturated rings. The Morgan fingerprint density at radius 2 is 2.11 bits per heavy atom. The molecule has 0 saturated carbocycles. The Bertz CT molecular complexity index is 774. The number of thiophene rings is 1. The molecule has 2 aliphatic rings. The highest BCUT2D eigenvalue weighted by Crippen LogP contribution is 2.31. The minimum absolute atomic E-state index is 0.152. The Morgan fingerprint density at radius 1 is 1.26 bits per heavy atom. The molecule has 3 heterocycles. The number of anilines is 2. The average molecular weight is 387 g/mol. The number of ether oxygens (including phenoxy) is 1. The fourth-order valence-corrected chi connectivity index (χ4v) is 4.45. The second-order valence-corrected chi connectivity index (χ2v) is 7.98. The van der Waals surface area contributed by atoms with Crippen LogP contribution in [0.15, 0.2) is 35.7 Å². The number of likely N-dealkylation sites (N-methyl/N-ethyl adjacent to an activating group) is 1. The van der Waals surface area contributed by atoms with Crippen LogP contribution in [-0.4, -0.2) is 57.4 Å². The molecule has 2 amide bonds. The van der Waals surface area contributed by atoms with Gasteiger partial charge in [-0.25, -0.2) is 4.79 Å². The van der Waals surface area contributed by atoms with Crippen LogP contribution in [0.25, 0.3) is 0 Å². The van der Waals surface area contributed by atoms with Crippen LogP contribution in [0.1, 0.15) is 17.2 Å². The van der Waals surface area contributed by atoms with Crippen LogP contribution in [0, 0.1) is 0 Å². The molecule has 0 spiro atoms. The van der Waals surface area contributed by atoms with Crippen LogP contribution in [0.3, 0.4) is 0 Å². The first-order chi connectivity index (χ1) is 13.2. The predicted molar refractivity (Wildman–Crippen MR) is 110 cm³/mol. The van der Waals surface area contributed by atoms with Crippen molar-refractivity contribution in [3.8, 4) is 0 Å². The van der Waals surface area contributed by atoms with Crippen LogP contribution in [0.5, 0.6) is 0 Å². The van der Waals surface area contributed by atoms with E-state index in [0.29, 0.717) is 6.54 Å². The van der Waals surface area contributed by atoms with E-state index in [1.165, 1.54) is 28.2 Å². The predicted octanol–water partition coefficient (Wildman–Crippen LogP) is 2.94. The third-order valence-corrected chi connectivity index (χ3v) is 6.10. The van der Waals surface area contributed by atoms with Gasteiger partial charge in [-0.2, -0.15) is 0 Å². The molecule has 2 N–H and O–H groups in total. The van der Waals surface area contributed by atoms with Gasteiger partial charge in [0.05, 0.1) is 24.3 Å². The van der Waals surface area contributed by atoms with Gasteiger partial charge in [0.15, 0.2) is 0 Å². The molecular weight excluding hydrogens is 360 g/mol. The highest BCUT2D eigenvalue weighted by Gasteiger charge is 2.25. The third-order valence-electron chi connectivity index (χ3n) is 5.32. The topological polar surface area (TPSA) is 56.8 Å². The molecule has 0 unspecified atom stereocenters. The number of rotatable bonds is 5. The summed E-state index contributed by atoms with van der Waals surface area (Å²) in [4.78, 5) is 17.0. The molecule has 7 heteroatoms. The van der Waals surface area contributed by atoms with Gasteiger partial charge in [0, 0.05) is 38.9 Å². The lowest BCUT2D eigenvalue weighted by Crippen LogP contribution is -2.44. The number of fused-ring (bicyclic) bond motifs is 1. The number of carbonyl (C=O) groups is 1. The molecule has 27 heavy (non-hydrogen) atoms. The van der Waals surface area contributed by atoms with Gasteiger partial charge in [-0.3, -0.25) is 10.2 Å². The SMILES string of the molecule is CN1CCc2cc([C@H](CNC(=O)Nc3cccs3)N3CCOCC3)ccc21. The zero-order valence-electron chi connectivity index (χ0n) is 15.6. The molecule has 144 valence electrons. The van der Waals surface area contributed by atoms with Crippen molar-refractivity contribution in [2.75, 3.05) is 56.7 Å². The van der Waals surface area contributed by atoms with Gasteiger partial charge in [-0.15, -0.1) is 11.3 Å². The van der Waals surface area contributed by atoms with Crippen molar-refractivity contribution in [3.05, 3.63) is 46.8 Å². The molecule has 1 aromatic carbocycles. The van der Waals surface area contributed by atoms with E-state index < -0.39 is 0 Å². The summed E-state index contributed by atoms with van der Waals surface area (Å²) >= 11 is 1.52. The first-order valence-corrected chi connectivity index (χ1v) is 10.3. The molecule has 0 radical (unpaired) electrons. The lowest BCUT2D eigenvalue weighted by atomic mass is 10.0. The van der Waals surface area contributed by atoms with E-state index in [1.807, 2.05) is 17.5 Å². The summed E-state index contributed by atoms with van der Waals surface area (Å²) in [5.74, 6) is 0. The van der Waals surface area contributed by atoms with Gasteiger partial charge in [0.2, 0.25) is 0 Å². The Morgan fingerprint density at radius 3 is 2.89 bits per heavy atom. The van der Waals surface area contributed by atoms with E-state index in [1.54, 1.807) is 0 Å². The zero-order chi connectivity index (χ0) is 18.6. The maximum absolute atomic E-state index is 12.3. The number of nitrogens with zero attached hydrogens (tertiary/aromatic N) is 2. The van der Waals surface area contributed by atoms with Gasteiger partial charge in [0.1, 0.15) is 0 Å². The first-order valence-electron chi connectivity index (χ1n) is 9.45. The fourth-order valence-electron chi connectivity index (χ4n) is 3.84. The van der Waals surface area contributed by atoms with Gasteiger partial charge >= 0.3 is 6.03 Å². The van der Waals surface area contributed by atoms with E-state index in [9.17, 15) is 4.79 Å². The third kappa shape index (κ3) is 4.26. The van der Waals surface area contributed by atoms with E-state index in [0.717, 1.165) is 44.3 Å². The van der Waals surface area contributed by atoms with Crippen molar-refractivity contribution in [1.82, 2.24) is 10.2 Å². The lowest BCUT2D eigenvalue weighted by molar-refractivity contribution is 0.0168. The van der Waals surface area contributed by atoms with E-state index >= 15 is 0 Å². The van der Waals surface area contributed by atoms with Gasteiger partial charge in [-0.05, 0) is 41.1 Å². The summed E-state index contributed by atoms with van der Waals surface area (Å²) < 4.78 is 5.52. The number of urea groups is 1. The van der Waals surface area contributed by atoms with Gasteiger partial charge in [0.25, 0.3) is 0 Å². The summed E-state index contributed by atoms with van der Waals surface area (Å²) in [6.45, 7) is 4.90. The summed E-state index contributed by atoms with van der Waals surface area (Å²) in [5, 5.41) is 8.76. The van der Waals surface area contributed by atoms with Crippen molar-refractivity contribution >= 4 is 28.1 Å². The molecule has 0 aliphatic carbocycles. The Labute approximate surface area is 164 Å². The molecule has 1 aromatic heterocycles. The molecule has 2 aromatic rings. The monoisotopic (exact) mass is 386 g/mol. The number of hydrogen-bond acceptors (Lipinski definition) is 5. The van der Waals surface area contributed by atoms with Crippen LogP contribution in [0.4, 0.5) is 15.5 Å². The van der Waals surface area contributed by atoms with E-state index in [2.05, 4.69) is 45.7 Å². The van der Waals surface area contributed by atoms with E-state index in [-0.39, 0.29) is 12.1 Å². The summed E-state index contributed by atoms with van der Waals surface area (Å²) in [6, 6.07) is 10.6. The molecule has 2 aliphatic heterocycles. The minimum atomic E-state index is -0.156. The maximum atomic E-state index is 12.3. The first kappa shape index (κ1) is 18.3. The fraction of sp³-hybridized carbons (Fsp3) is 0.450. The summed E-state index contributed by atoms with van der Waals surface area (Å²) in [6.07, 6.45) is 1.09. The maximum Gasteiger partial charge on any atom is 0.319 e. The number of benzene rings is 1. The number of hydrogen-bond donors (Lipinski definition) is 2. The molecular formula is C20H26N4O2S. The zero-order valence-corrected chi connectivity index (χ0v) is 16.4. The normalized spacial score (nSPS) is 18.2. The molecule has 6 nitrogen and oxygen atoms in total. The number of morpholine rings is 1.